The van der Waals surface area contributed by atoms with E-state index in [9.17, 15) is 13.2 Å². The van der Waals surface area contributed by atoms with E-state index in [0.717, 1.165) is 28.7 Å². The van der Waals surface area contributed by atoms with Gasteiger partial charge in [-0.15, -0.1) is 0 Å². The first-order chi connectivity index (χ1) is 6.98. The average molecular weight is 255 g/mol. The molecular weight excluding hydrogens is 253 g/mol. The summed E-state index contributed by atoms with van der Waals surface area (Å²) in [6, 6.07) is 0.843. The van der Waals surface area contributed by atoms with Gasteiger partial charge in [-0.05, 0) is 6.07 Å². The highest BCUT2D eigenvalue weighted by atomic mass is 35.5. The predicted octanol–water partition coefficient (Wildman–Crippen LogP) is 2.40. The molecule has 0 atom stereocenters. The molecule has 2 aromatic heterocycles. The van der Waals surface area contributed by atoms with Gasteiger partial charge in [0.1, 0.15) is 0 Å². The molecule has 4 nitrogen and oxygen atoms in total. The first-order valence-corrected chi connectivity index (χ1v) is 4.70. The summed E-state index contributed by atoms with van der Waals surface area (Å²) < 4.78 is 44.9. The van der Waals surface area contributed by atoms with Gasteiger partial charge in [-0.3, -0.25) is 0 Å². The van der Waals surface area contributed by atoms with Crippen molar-refractivity contribution in [3.8, 4) is 5.82 Å². The number of hydrogen-bond acceptors (Lipinski definition) is 4. The van der Waals surface area contributed by atoms with Crippen LogP contribution in [0.2, 0.25) is 5.15 Å². The Morgan fingerprint density at radius 1 is 1.33 bits per heavy atom. The zero-order valence-electron chi connectivity index (χ0n) is 6.86. The van der Waals surface area contributed by atoms with Crippen LogP contribution in [0.1, 0.15) is 5.69 Å². The van der Waals surface area contributed by atoms with E-state index in [-0.39, 0.29) is 11.0 Å². The standard InChI is InChI=1S/C6H2ClF3N4S/c7-4-5(13-15-12-4)14-2-1-3(11-14)6(8,9)10/h1-2H. The normalized spacial score (nSPS) is 12.0. The molecule has 2 rings (SSSR count). The fourth-order valence-electron chi connectivity index (χ4n) is 0.903. The predicted molar refractivity (Wildman–Crippen MR) is 47.0 cm³/mol. The van der Waals surface area contributed by atoms with Gasteiger partial charge in [0, 0.05) is 6.20 Å². The molecule has 0 aromatic carbocycles. The SMILES string of the molecule is FC(F)(F)c1ccn(-c2nsnc2Cl)n1. The highest BCUT2D eigenvalue weighted by Gasteiger charge is 2.33. The van der Waals surface area contributed by atoms with Crippen molar-refractivity contribution in [1.29, 1.82) is 0 Å². The molecule has 80 valence electrons. The Balaban J connectivity index is 2.41. The summed E-state index contributed by atoms with van der Waals surface area (Å²) in [5.74, 6) is 0.0946. The Bertz CT molecular complexity index is 477. The van der Waals surface area contributed by atoms with Crippen LogP contribution in [0.25, 0.3) is 5.82 Å². The maximum absolute atomic E-state index is 12.2. The van der Waals surface area contributed by atoms with E-state index in [0.29, 0.717) is 0 Å². The van der Waals surface area contributed by atoms with Crippen molar-refractivity contribution in [3.63, 3.8) is 0 Å². The number of halogens is 4. The van der Waals surface area contributed by atoms with Crippen LogP contribution < -0.4 is 0 Å². The zero-order chi connectivity index (χ0) is 11.1. The van der Waals surface area contributed by atoms with E-state index in [1.165, 1.54) is 0 Å². The summed E-state index contributed by atoms with van der Waals surface area (Å²) in [5, 5.41) is 3.32. The minimum absolute atomic E-state index is 0.0248. The van der Waals surface area contributed by atoms with E-state index >= 15 is 0 Å². The molecule has 2 aromatic rings. The van der Waals surface area contributed by atoms with Crippen LogP contribution in [-0.2, 0) is 6.18 Å². The van der Waals surface area contributed by atoms with Crippen LogP contribution in [0.3, 0.4) is 0 Å². The Kier molecular flexibility index (Phi) is 2.39. The molecule has 0 unspecified atom stereocenters. The summed E-state index contributed by atoms with van der Waals surface area (Å²) in [5.41, 5.74) is -0.994. The van der Waals surface area contributed by atoms with Crippen molar-refractivity contribution in [1.82, 2.24) is 18.5 Å². The second-order valence-corrected chi connectivity index (χ2v) is 3.41. The molecule has 9 heteroatoms. The van der Waals surface area contributed by atoms with Gasteiger partial charge in [-0.2, -0.15) is 27.0 Å². The lowest BCUT2D eigenvalue weighted by Crippen LogP contribution is -2.07. The van der Waals surface area contributed by atoms with Gasteiger partial charge in [-0.1, -0.05) is 11.6 Å². The fraction of sp³-hybridized carbons (Fsp3) is 0.167. The lowest BCUT2D eigenvalue weighted by molar-refractivity contribution is -0.141. The van der Waals surface area contributed by atoms with Crippen molar-refractivity contribution < 1.29 is 13.2 Å². The van der Waals surface area contributed by atoms with Crippen LogP contribution >= 0.6 is 23.3 Å². The minimum Gasteiger partial charge on any atom is -0.218 e. The Morgan fingerprint density at radius 3 is 2.53 bits per heavy atom. The molecule has 0 saturated heterocycles. The highest BCUT2D eigenvalue weighted by molar-refractivity contribution is 6.99. The van der Waals surface area contributed by atoms with Gasteiger partial charge < -0.3 is 0 Å². The van der Waals surface area contributed by atoms with Crippen LogP contribution in [0.15, 0.2) is 12.3 Å². The van der Waals surface area contributed by atoms with Crippen molar-refractivity contribution in [2.45, 2.75) is 6.18 Å². The van der Waals surface area contributed by atoms with Crippen molar-refractivity contribution >= 4 is 23.3 Å². The zero-order valence-corrected chi connectivity index (χ0v) is 8.44. The lowest BCUT2D eigenvalue weighted by atomic mass is 10.4. The maximum Gasteiger partial charge on any atom is 0.435 e. The van der Waals surface area contributed by atoms with E-state index in [1.54, 1.807) is 0 Å². The molecular formula is C6H2ClF3N4S. The third-order valence-electron chi connectivity index (χ3n) is 1.53. The molecule has 2 heterocycles. The molecule has 0 bridgehead atoms. The van der Waals surface area contributed by atoms with Gasteiger partial charge in [-0.25, -0.2) is 4.68 Å². The third-order valence-corrected chi connectivity index (χ3v) is 2.40. The van der Waals surface area contributed by atoms with Crippen LogP contribution in [-0.4, -0.2) is 18.5 Å². The monoisotopic (exact) mass is 254 g/mol. The number of nitrogens with zero attached hydrogens (tertiary/aromatic N) is 4. The van der Waals surface area contributed by atoms with E-state index in [2.05, 4.69) is 13.8 Å². The van der Waals surface area contributed by atoms with Crippen LogP contribution in [0, 0.1) is 0 Å². The van der Waals surface area contributed by atoms with Gasteiger partial charge >= 0.3 is 6.18 Å². The van der Waals surface area contributed by atoms with Crippen LogP contribution in [0.4, 0.5) is 13.2 Å². The topological polar surface area (TPSA) is 43.6 Å². The molecule has 0 aliphatic rings. The average Bonchev–Trinajstić information content (AvgIpc) is 2.69. The molecule has 0 aliphatic heterocycles. The first kappa shape index (κ1) is 10.4. The number of hydrogen-bond donors (Lipinski definition) is 0. The minimum atomic E-state index is -4.47. The summed E-state index contributed by atoms with van der Waals surface area (Å²) in [7, 11) is 0. The summed E-state index contributed by atoms with van der Waals surface area (Å²) in [6.07, 6.45) is -3.34. The third kappa shape index (κ3) is 1.95. The molecule has 0 amide bonds. The van der Waals surface area contributed by atoms with E-state index < -0.39 is 11.9 Å². The molecule has 0 aliphatic carbocycles. The number of aromatic nitrogens is 4. The van der Waals surface area contributed by atoms with Gasteiger partial charge in [0.15, 0.2) is 10.8 Å². The Hall–Kier alpha value is -1.15. The Morgan fingerprint density at radius 2 is 2.07 bits per heavy atom. The summed E-state index contributed by atoms with van der Waals surface area (Å²) in [6.45, 7) is 0. The largest absolute Gasteiger partial charge is 0.435 e. The van der Waals surface area contributed by atoms with E-state index in [1.807, 2.05) is 0 Å². The quantitative estimate of drug-likeness (QED) is 0.785. The van der Waals surface area contributed by atoms with Crippen LogP contribution in [0.5, 0.6) is 0 Å². The number of alkyl halides is 3. The van der Waals surface area contributed by atoms with Crippen molar-refractivity contribution in [3.05, 3.63) is 23.1 Å². The van der Waals surface area contributed by atoms with Gasteiger partial charge in [0.05, 0.1) is 11.7 Å². The first-order valence-electron chi connectivity index (χ1n) is 3.60. The van der Waals surface area contributed by atoms with Gasteiger partial charge in [0.2, 0.25) is 5.82 Å². The second-order valence-electron chi connectivity index (χ2n) is 2.52. The summed E-state index contributed by atoms with van der Waals surface area (Å²) in [4.78, 5) is 0. The second kappa shape index (κ2) is 3.46. The van der Waals surface area contributed by atoms with Gasteiger partial charge in [0.25, 0.3) is 0 Å². The molecule has 0 N–H and O–H groups in total. The molecule has 0 saturated carbocycles. The fourth-order valence-corrected chi connectivity index (χ4v) is 1.62. The van der Waals surface area contributed by atoms with E-state index in [4.69, 9.17) is 11.6 Å². The smallest absolute Gasteiger partial charge is 0.218 e. The molecule has 0 fully saturated rings. The molecule has 0 radical (unpaired) electrons. The molecule has 0 spiro atoms. The highest BCUT2D eigenvalue weighted by Crippen LogP contribution is 2.28. The summed E-state index contributed by atoms with van der Waals surface area (Å²) >= 11 is 6.40. The van der Waals surface area contributed by atoms with Crippen molar-refractivity contribution in [2.24, 2.45) is 0 Å². The van der Waals surface area contributed by atoms with Crippen molar-refractivity contribution in [2.75, 3.05) is 0 Å². The maximum atomic E-state index is 12.2. The Labute approximate surface area is 90.6 Å². The molecule has 15 heavy (non-hydrogen) atoms. The number of rotatable bonds is 1. The lowest BCUT2D eigenvalue weighted by Gasteiger charge is -2.00.